The summed E-state index contributed by atoms with van der Waals surface area (Å²) in [6, 6.07) is 6.62. The fraction of sp³-hybridized carbons (Fsp3) is 0.467. The number of hydrogen-bond donors (Lipinski definition) is 3. The maximum absolute atomic E-state index is 12.0. The second kappa shape index (κ2) is 5.73. The first kappa shape index (κ1) is 13.9. The number of urea groups is 1. The van der Waals surface area contributed by atoms with Crippen LogP contribution in [0.2, 0.25) is 0 Å². The van der Waals surface area contributed by atoms with Crippen LogP contribution in [0.15, 0.2) is 24.3 Å². The molecule has 2 saturated heterocycles. The maximum atomic E-state index is 12.0. The average molecular weight is 289 g/mol. The van der Waals surface area contributed by atoms with Gasteiger partial charge >= 0.3 is 12.0 Å². The highest BCUT2D eigenvalue weighted by molar-refractivity contribution is 5.91. The Morgan fingerprint density at radius 1 is 1.14 bits per heavy atom. The first-order chi connectivity index (χ1) is 10.1. The summed E-state index contributed by atoms with van der Waals surface area (Å²) in [6.45, 7) is 2.20. The van der Waals surface area contributed by atoms with E-state index in [1.807, 2.05) is 0 Å². The van der Waals surface area contributed by atoms with E-state index < -0.39 is 5.97 Å². The Morgan fingerprint density at radius 2 is 1.90 bits per heavy atom. The number of amides is 2. The standard InChI is InChI=1S/C15H19N3O3/c19-14(20)10-3-5-11(6-4-10)16-15(21)17-12-7-9-18-8-1-2-13(12)18/h3-6,12-13H,1-2,7-9H2,(H,19,20)(H2,16,17,21). The molecule has 0 spiro atoms. The number of nitrogens with zero attached hydrogens (tertiary/aromatic N) is 1. The Labute approximate surface area is 123 Å². The molecule has 0 saturated carbocycles. The third-order valence-electron chi connectivity index (χ3n) is 4.31. The highest BCUT2D eigenvalue weighted by Crippen LogP contribution is 2.27. The lowest BCUT2D eigenvalue weighted by Gasteiger charge is -2.21. The van der Waals surface area contributed by atoms with Crippen LogP contribution in [0.1, 0.15) is 29.6 Å². The largest absolute Gasteiger partial charge is 0.478 e. The highest BCUT2D eigenvalue weighted by Gasteiger charge is 2.37. The van der Waals surface area contributed by atoms with Crippen LogP contribution in [0.4, 0.5) is 10.5 Å². The van der Waals surface area contributed by atoms with Gasteiger partial charge in [-0.15, -0.1) is 0 Å². The summed E-state index contributed by atoms with van der Waals surface area (Å²) in [4.78, 5) is 25.2. The Bertz CT molecular complexity index is 544. The van der Waals surface area contributed by atoms with Crippen LogP contribution in [-0.4, -0.2) is 47.2 Å². The third kappa shape index (κ3) is 3.00. The lowest BCUT2D eigenvalue weighted by molar-refractivity contribution is 0.0697. The van der Waals surface area contributed by atoms with Crippen molar-refractivity contribution >= 4 is 17.7 Å². The minimum Gasteiger partial charge on any atom is -0.478 e. The number of carbonyl (C=O) groups excluding carboxylic acids is 1. The molecular formula is C15H19N3O3. The summed E-state index contributed by atoms with van der Waals surface area (Å²) in [5.74, 6) is -0.974. The van der Waals surface area contributed by atoms with Crippen molar-refractivity contribution in [2.24, 2.45) is 0 Å². The predicted molar refractivity (Wildman–Crippen MR) is 78.6 cm³/mol. The molecule has 2 amide bonds. The number of carbonyl (C=O) groups is 2. The van der Waals surface area contributed by atoms with Crippen LogP contribution in [0, 0.1) is 0 Å². The Balaban J connectivity index is 1.55. The van der Waals surface area contributed by atoms with Crippen molar-refractivity contribution < 1.29 is 14.7 Å². The van der Waals surface area contributed by atoms with Crippen LogP contribution in [0.25, 0.3) is 0 Å². The summed E-state index contributed by atoms with van der Waals surface area (Å²) in [5.41, 5.74) is 0.803. The molecule has 0 aromatic heterocycles. The van der Waals surface area contributed by atoms with E-state index in [0.717, 1.165) is 25.9 Å². The summed E-state index contributed by atoms with van der Waals surface area (Å²) < 4.78 is 0. The van der Waals surface area contributed by atoms with Crippen LogP contribution < -0.4 is 10.6 Å². The molecule has 0 bridgehead atoms. The van der Waals surface area contributed by atoms with Gasteiger partial charge in [-0.2, -0.15) is 0 Å². The van der Waals surface area contributed by atoms with E-state index in [0.29, 0.717) is 11.7 Å². The quantitative estimate of drug-likeness (QED) is 0.791. The third-order valence-corrected chi connectivity index (χ3v) is 4.31. The van der Waals surface area contributed by atoms with Crippen molar-refractivity contribution in [3.63, 3.8) is 0 Å². The second-order valence-corrected chi connectivity index (χ2v) is 5.62. The highest BCUT2D eigenvalue weighted by atomic mass is 16.4. The minimum atomic E-state index is -0.974. The normalized spacial score (nSPS) is 24.6. The number of aromatic carboxylic acids is 1. The molecule has 2 fully saturated rings. The van der Waals surface area contributed by atoms with Gasteiger partial charge in [-0.05, 0) is 50.1 Å². The predicted octanol–water partition coefficient (Wildman–Crippen LogP) is 1.74. The van der Waals surface area contributed by atoms with E-state index in [-0.39, 0.29) is 17.6 Å². The summed E-state index contributed by atoms with van der Waals surface area (Å²) in [5, 5.41) is 14.6. The van der Waals surface area contributed by atoms with E-state index in [1.54, 1.807) is 12.1 Å². The summed E-state index contributed by atoms with van der Waals surface area (Å²) >= 11 is 0. The van der Waals surface area contributed by atoms with E-state index in [4.69, 9.17) is 5.11 Å². The molecule has 2 atom stereocenters. The van der Waals surface area contributed by atoms with E-state index in [2.05, 4.69) is 15.5 Å². The molecule has 0 radical (unpaired) electrons. The Kier molecular flexibility index (Phi) is 3.79. The van der Waals surface area contributed by atoms with Gasteiger partial charge < -0.3 is 15.7 Å². The smallest absolute Gasteiger partial charge is 0.335 e. The molecule has 1 aromatic carbocycles. The van der Waals surface area contributed by atoms with E-state index in [1.165, 1.54) is 18.6 Å². The summed E-state index contributed by atoms with van der Waals surface area (Å²) in [7, 11) is 0. The fourth-order valence-corrected chi connectivity index (χ4v) is 3.28. The van der Waals surface area contributed by atoms with Gasteiger partial charge in [0.15, 0.2) is 0 Å². The summed E-state index contributed by atoms with van der Waals surface area (Å²) in [6.07, 6.45) is 3.36. The van der Waals surface area contributed by atoms with Crippen molar-refractivity contribution in [3.05, 3.63) is 29.8 Å². The fourth-order valence-electron chi connectivity index (χ4n) is 3.28. The number of nitrogens with one attached hydrogen (secondary N) is 2. The lowest BCUT2D eigenvalue weighted by Crippen LogP contribution is -2.44. The Morgan fingerprint density at radius 3 is 2.62 bits per heavy atom. The minimum absolute atomic E-state index is 0.207. The zero-order valence-corrected chi connectivity index (χ0v) is 11.7. The van der Waals surface area contributed by atoms with Gasteiger partial charge in [-0.25, -0.2) is 9.59 Å². The molecule has 2 aliphatic heterocycles. The Hall–Kier alpha value is -2.08. The molecule has 6 heteroatoms. The molecule has 3 N–H and O–H groups in total. The van der Waals surface area contributed by atoms with Gasteiger partial charge in [0, 0.05) is 24.3 Å². The van der Waals surface area contributed by atoms with Crippen molar-refractivity contribution in [2.75, 3.05) is 18.4 Å². The van der Waals surface area contributed by atoms with Crippen molar-refractivity contribution in [1.29, 1.82) is 0 Å². The van der Waals surface area contributed by atoms with E-state index >= 15 is 0 Å². The number of rotatable bonds is 3. The van der Waals surface area contributed by atoms with Gasteiger partial charge in [0.05, 0.1) is 5.56 Å². The van der Waals surface area contributed by atoms with Crippen LogP contribution in [-0.2, 0) is 0 Å². The first-order valence-electron chi connectivity index (χ1n) is 7.28. The second-order valence-electron chi connectivity index (χ2n) is 5.62. The van der Waals surface area contributed by atoms with Gasteiger partial charge in [0.1, 0.15) is 0 Å². The van der Waals surface area contributed by atoms with Crippen LogP contribution >= 0.6 is 0 Å². The zero-order chi connectivity index (χ0) is 14.8. The SMILES string of the molecule is O=C(Nc1ccc(C(=O)O)cc1)NC1CCN2CCCC12. The molecule has 2 unspecified atom stereocenters. The van der Waals surface area contributed by atoms with Crippen LogP contribution in [0.3, 0.4) is 0 Å². The van der Waals surface area contributed by atoms with Crippen molar-refractivity contribution in [2.45, 2.75) is 31.3 Å². The molecule has 3 rings (SSSR count). The number of carboxylic acids is 1. The number of carboxylic acid groups (broad SMARTS) is 1. The van der Waals surface area contributed by atoms with Gasteiger partial charge in [0.25, 0.3) is 0 Å². The molecule has 1 aromatic rings. The number of hydrogen-bond acceptors (Lipinski definition) is 3. The first-order valence-corrected chi connectivity index (χ1v) is 7.28. The van der Waals surface area contributed by atoms with Gasteiger partial charge in [-0.1, -0.05) is 0 Å². The molecule has 112 valence electrons. The molecule has 0 aliphatic carbocycles. The topological polar surface area (TPSA) is 81.7 Å². The average Bonchev–Trinajstić information content (AvgIpc) is 3.04. The molecule has 2 heterocycles. The molecule has 6 nitrogen and oxygen atoms in total. The maximum Gasteiger partial charge on any atom is 0.335 e. The number of anilines is 1. The lowest BCUT2D eigenvalue weighted by atomic mass is 10.1. The molecule has 2 aliphatic rings. The van der Waals surface area contributed by atoms with Crippen molar-refractivity contribution in [1.82, 2.24) is 10.2 Å². The number of benzene rings is 1. The van der Waals surface area contributed by atoms with Gasteiger partial charge in [0.2, 0.25) is 0 Å². The van der Waals surface area contributed by atoms with Crippen molar-refractivity contribution in [3.8, 4) is 0 Å². The zero-order valence-electron chi connectivity index (χ0n) is 11.7. The number of fused-ring (bicyclic) bond motifs is 1. The van der Waals surface area contributed by atoms with E-state index in [9.17, 15) is 9.59 Å². The van der Waals surface area contributed by atoms with Crippen LogP contribution in [0.5, 0.6) is 0 Å². The monoisotopic (exact) mass is 289 g/mol. The molecular weight excluding hydrogens is 270 g/mol. The van der Waals surface area contributed by atoms with Gasteiger partial charge in [-0.3, -0.25) is 4.90 Å². The molecule has 21 heavy (non-hydrogen) atoms.